The van der Waals surface area contributed by atoms with E-state index in [2.05, 4.69) is 25.8 Å². The molecule has 0 unspecified atom stereocenters. The van der Waals surface area contributed by atoms with E-state index in [1.54, 1.807) is 7.11 Å². The number of nitrogens with two attached hydrogens (primary N) is 1. The summed E-state index contributed by atoms with van der Waals surface area (Å²) in [6.07, 6.45) is 6.82. The van der Waals surface area contributed by atoms with Crippen molar-refractivity contribution < 1.29 is 4.74 Å². The molecule has 1 fully saturated rings. The summed E-state index contributed by atoms with van der Waals surface area (Å²) in [5.41, 5.74) is 6.60. The fourth-order valence-electron chi connectivity index (χ4n) is 2.87. The lowest BCUT2D eigenvalue weighted by atomic mass is 9.89. The van der Waals surface area contributed by atoms with Gasteiger partial charge in [0.2, 0.25) is 0 Å². The zero-order chi connectivity index (χ0) is 14.8. The standard InChI is InChI=1S/C16H27N3O/c1-15(2,3)12-11-13(17)19-14(18-12)16(20-4)9-7-5-6-8-10-16/h11H,5-10H2,1-4H3,(H2,17,18,19). The Kier molecular flexibility index (Phi) is 4.33. The van der Waals surface area contributed by atoms with Gasteiger partial charge in [-0.15, -0.1) is 0 Å². The van der Waals surface area contributed by atoms with Gasteiger partial charge in [0.05, 0.1) is 5.69 Å². The minimum absolute atomic E-state index is 0.0362. The Morgan fingerprint density at radius 3 is 2.20 bits per heavy atom. The minimum Gasteiger partial charge on any atom is -0.384 e. The normalized spacial score (nSPS) is 19.6. The van der Waals surface area contributed by atoms with Gasteiger partial charge in [-0.1, -0.05) is 46.5 Å². The molecule has 0 bridgehead atoms. The van der Waals surface area contributed by atoms with Crippen LogP contribution in [0, 0.1) is 0 Å². The highest BCUT2D eigenvalue weighted by Crippen LogP contribution is 2.38. The average Bonchev–Trinajstić information content (AvgIpc) is 2.63. The molecule has 1 heterocycles. The number of hydrogen-bond acceptors (Lipinski definition) is 4. The van der Waals surface area contributed by atoms with Crippen molar-refractivity contribution in [3.05, 3.63) is 17.6 Å². The third kappa shape index (κ3) is 3.11. The van der Waals surface area contributed by atoms with Gasteiger partial charge in [0, 0.05) is 18.6 Å². The molecule has 112 valence electrons. The lowest BCUT2D eigenvalue weighted by molar-refractivity contribution is -0.0353. The van der Waals surface area contributed by atoms with Crippen LogP contribution < -0.4 is 5.73 Å². The Bertz CT molecular complexity index is 457. The SMILES string of the molecule is COC1(c2nc(N)cc(C(C)(C)C)n2)CCCCCC1. The van der Waals surface area contributed by atoms with E-state index in [0.29, 0.717) is 5.82 Å². The molecule has 1 aromatic heterocycles. The third-order valence-electron chi connectivity index (χ3n) is 4.22. The molecule has 0 saturated heterocycles. The van der Waals surface area contributed by atoms with Crippen LogP contribution in [0.25, 0.3) is 0 Å². The van der Waals surface area contributed by atoms with Crippen molar-refractivity contribution in [2.24, 2.45) is 0 Å². The van der Waals surface area contributed by atoms with Crippen LogP contribution in [-0.2, 0) is 15.8 Å². The molecule has 4 nitrogen and oxygen atoms in total. The molecule has 0 aromatic carbocycles. The Labute approximate surface area is 122 Å². The van der Waals surface area contributed by atoms with Gasteiger partial charge in [-0.25, -0.2) is 9.97 Å². The fraction of sp³-hybridized carbons (Fsp3) is 0.750. The first-order valence-electron chi connectivity index (χ1n) is 7.58. The molecule has 1 aliphatic carbocycles. The van der Waals surface area contributed by atoms with Gasteiger partial charge < -0.3 is 10.5 Å². The molecule has 0 aliphatic heterocycles. The van der Waals surface area contributed by atoms with Crippen LogP contribution in [-0.4, -0.2) is 17.1 Å². The van der Waals surface area contributed by atoms with Crippen molar-refractivity contribution in [2.45, 2.75) is 70.3 Å². The van der Waals surface area contributed by atoms with Crippen LogP contribution in [0.15, 0.2) is 6.07 Å². The maximum absolute atomic E-state index is 6.01. The summed E-state index contributed by atoms with van der Waals surface area (Å²) in [7, 11) is 1.77. The van der Waals surface area contributed by atoms with Gasteiger partial charge in [0.25, 0.3) is 0 Å². The topological polar surface area (TPSA) is 61.0 Å². The lowest BCUT2D eigenvalue weighted by Crippen LogP contribution is -2.32. The van der Waals surface area contributed by atoms with Gasteiger partial charge in [-0.2, -0.15) is 0 Å². The largest absolute Gasteiger partial charge is 0.384 e. The number of rotatable bonds is 2. The van der Waals surface area contributed by atoms with Crippen molar-refractivity contribution in [1.82, 2.24) is 9.97 Å². The molecule has 2 rings (SSSR count). The van der Waals surface area contributed by atoms with Crippen LogP contribution in [0.3, 0.4) is 0 Å². The molecule has 0 amide bonds. The van der Waals surface area contributed by atoms with E-state index >= 15 is 0 Å². The van der Waals surface area contributed by atoms with Crippen LogP contribution in [0.2, 0.25) is 0 Å². The lowest BCUT2D eigenvalue weighted by Gasteiger charge is -2.31. The zero-order valence-electron chi connectivity index (χ0n) is 13.2. The van der Waals surface area contributed by atoms with E-state index in [-0.39, 0.29) is 11.0 Å². The number of ether oxygens (including phenoxy) is 1. The molecule has 0 atom stereocenters. The monoisotopic (exact) mass is 277 g/mol. The van der Waals surface area contributed by atoms with Crippen LogP contribution in [0.4, 0.5) is 5.82 Å². The minimum atomic E-state index is -0.355. The maximum atomic E-state index is 6.01. The molecule has 1 aromatic rings. The molecular weight excluding hydrogens is 250 g/mol. The summed E-state index contributed by atoms with van der Waals surface area (Å²) in [6, 6.07) is 1.88. The fourth-order valence-corrected chi connectivity index (χ4v) is 2.87. The summed E-state index contributed by atoms with van der Waals surface area (Å²) in [4.78, 5) is 9.29. The summed E-state index contributed by atoms with van der Waals surface area (Å²) < 4.78 is 5.89. The first kappa shape index (κ1) is 15.2. The summed E-state index contributed by atoms with van der Waals surface area (Å²) in [6.45, 7) is 6.43. The highest BCUT2D eigenvalue weighted by molar-refractivity contribution is 5.33. The Morgan fingerprint density at radius 1 is 1.10 bits per heavy atom. The summed E-state index contributed by atoms with van der Waals surface area (Å²) >= 11 is 0. The summed E-state index contributed by atoms with van der Waals surface area (Å²) in [5, 5.41) is 0. The molecule has 1 saturated carbocycles. The predicted molar refractivity (Wildman–Crippen MR) is 81.5 cm³/mol. The van der Waals surface area contributed by atoms with Crippen molar-refractivity contribution >= 4 is 5.82 Å². The van der Waals surface area contributed by atoms with Crippen molar-refractivity contribution in [1.29, 1.82) is 0 Å². The number of nitrogens with zero attached hydrogens (tertiary/aromatic N) is 2. The number of nitrogen functional groups attached to an aromatic ring is 1. The van der Waals surface area contributed by atoms with Gasteiger partial charge >= 0.3 is 0 Å². The van der Waals surface area contributed by atoms with Crippen molar-refractivity contribution in [3.63, 3.8) is 0 Å². The molecule has 2 N–H and O–H groups in total. The second-order valence-electron chi connectivity index (χ2n) is 6.86. The Balaban J connectivity index is 2.46. The highest BCUT2D eigenvalue weighted by atomic mass is 16.5. The number of hydrogen-bond donors (Lipinski definition) is 1. The number of anilines is 1. The first-order valence-corrected chi connectivity index (χ1v) is 7.58. The summed E-state index contributed by atoms with van der Waals surface area (Å²) in [5.74, 6) is 1.31. The highest BCUT2D eigenvalue weighted by Gasteiger charge is 2.36. The number of aromatic nitrogens is 2. The van der Waals surface area contributed by atoms with Gasteiger partial charge in [-0.05, 0) is 12.8 Å². The second-order valence-corrected chi connectivity index (χ2v) is 6.86. The average molecular weight is 277 g/mol. The molecule has 4 heteroatoms. The third-order valence-corrected chi connectivity index (χ3v) is 4.22. The van der Waals surface area contributed by atoms with E-state index in [4.69, 9.17) is 15.5 Å². The van der Waals surface area contributed by atoms with Gasteiger partial charge in [0.1, 0.15) is 11.4 Å². The van der Waals surface area contributed by atoms with Crippen molar-refractivity contribution in [3.8, 4) is 0 Å². The Morgan fingerprint density at radius 2 is 1.70 bits per heavy atom. The van der Waals surface area contributed by atoms with Crippen LogP contribution in [0.5, 0.6) is 0 Å². The zero-order valence-corrected chi connectivity index (χ0v) is 13.2. The van der Waals surface area contributed by atoms with Crippen LogP contribution in [0.1, 0.15) is 70.8 Å². The van der Waals surface area contributed by atoms with Gasteiger partial charge in [0.15, 0.2) is 5.82 Å². The molecule has 20 heavy (non-hydrogen) atoms. The molecule has 1 aliphatic rings. The molecule has 0 radical (unpaired) electrons. The number of methoxy groups -OCH3 is 1. The van der Waals surface area contributed by atoms with E-state index in [1.165, 1.54) is 12.8 Å². The van der Waals surface area contributed by atoms with E-state index in [1.807, 2.05) is 6.07 Å². The second kappa shape index (κ2) is 5.68. The molecule has 0 spiro atoms. The smallest absolute Gasteiger partial charge is 0.162 e. The predicted octanol–water partition coefficient (Wildman–Crippen LogP) is 3.55. The molecular formula is C16H27N3O. The maximum Gasteiger partial charge on any atom is 0.162 e. The Hall–Kier alpha value is -1.16. The van der Waals surface area contributed by atoms with E-state index in [0.717, 1.165) is 37.2 Å². The van der Waals surface area contributed by atoms with Crippen molar-refractivity contribution in [2.75, 3.05) is 12.8 Å². The van der Waals surface area contributed by atoms with Crippen LogP contribution >= 0.6 is 0 Å². The van der Waals surface area contributed by atoms with E-state index in [9.17, 15) is 0 Å². The quantitative estimate of drug-likeness (QED) is 0.840. The van der Waals surface area contributed by atoms with E-state index < -0.39 is 0 Å². The van der Waals surface area contributed by atoms with Gasteiger partial charge in [-0.3, -0.25) is 0 Å². The first-order chi connectivity index (χ1) is 9.37.